The summed E-state index contributed by atoms with van der Waals surface area (Å²) in [6, 6.07) is 11.0. The number of amides is 1. The molecule has 1 aromatic rings. The fourth-order valence-electron chi connectivity index (χ4n) is 1.52. The third-order valence-electron chi connectivity index (χ3n) is 2.42. The third-order valence-corrected chi connectivity index (χ3v) is 2.42. The lowest BCUT2D eigenvalue weighted by Crippen LogP contribution is -2.31. The van der Waals surface area contributed by atoms with Gasteiger partial charge in [0.05, 0.1) is 19.3 Å². The summed E-state index contributed by atoms with van der Waals surface area (Å²) in [6.07, 6.45) is 0. The first kappa shape index (κ1) is 14.9. The van der Waals surface area contributed by atoms with E-state index >= 15 is 0 Å². The van der Waals surface area contributed by atoms with Crippen LogP contribution in [-0.2, 0) is 9.53 Å². The fraction of sp³-hybridized carbons (Fsp3) is 0.333. The van der Waals surface area contributed by atoms with Crippen LogP contribution in [0.1, 0.15) is 18.4 Å². The number of hydrogen-bond acceptors (Lipinski definition) is 3. The first-order chi connectivity index (χ1) is 9.15. The molecular weight excluding hydrogens is 240 g/mol. The highest BCUT2D eigenvalue weighted by atomic mass is 16.5. The van der Waals surface area contributed by atoms with Crippen molar-refractivity contribution in [3.8, 4) is 6.07 Å². The molecule has 1 rings (SSSR count). The zero-order chi connectivity index (χ0) is 14.1. The van der Waals surface area contributed by atoms with E-state index in [1.165, 1.54) is 0 Å². The number of rotatable bonds is 7. The summed E-state index contributed by atoms with van der Waals surface area (Å²) in [7, 11) is 0. The quantitative estimate of drug-likeness (QED) is 0.601. The highest BCUT2D eigenvalue weighted by Gasteiger charge is 2.18. The molecule has 19 heavy (non-hydrogen) atoms. The Morgan fingerprint density at radius 2 is 2.16 bits per heavy atom. The molecule has 1 amide bonds. The van der Waals surface area contributed by atoms with Gasteiger partial charge in [-0.05, 0) is 12.5 Å². The van der Waals surface area contributed by atoms with E-state index in [0.29, 0.717) is 25.3 Å². The number of nitrogens with one attached hydrogen (secondary N) is 1. The van der Waals surface area contributed by atoms with Crippen LogP contribution in [0.15, 0.2) is 42.5 Å². The molecule has 1 atom stereocenters. The normalized spacial score (nSPS) is 11.4. The molecule has 0 aliphatic carbocycles. The van der Waals surface area contributed by atoms with Crippen molar-refractivity contribution >= 4 is 5.91 Å². The Bertz CT molecular complexity index is 463. The minimum Gasteiger partial charge on any atom is -0.375 e. The summed E-state index contributed by atoms with van der Waals surface area (Å²) >= 11 is 0. The topological polar surface area (TPSA) is 62.1 Å². The van der Waals surface area contributed by atoms with E-state index < -0.39 is 5.92 Å². The maximum atomic E-state index is 11.9. The van der Waals surface area contributed by atoms with Crippen molar-refractivity contribution in [2.75, 3.05) is 19.8 Å². The van der Waals surface area contributed by atoms with Crippen LogP contribution < -0.4 is 5.32 Å². The molecule has 0 aliphatic heterocycles. The zero-order valence-corrected chi connectivity index (χ0v) is 11.1. The SMILES string of the molecule is C=C(C)COCCNC(=O)C(C#N)c1ccccc1. The van der Waals surface area contributed by atoms with Crippen LogP contribution in [-0.4, -0.2) is 25.7 Å². The molecule has 4 heteroatoms. The Morgan fingerprint density at radius 3 is 2.74 bits per heavy atom. The van der Waals surface area contributed by atoms with E-state index in [9.17, 15) is 4.79 Å². The van der Waals surface area contributed by atoms with Gasteiger partial charge < -0.3 is 10.1 Å². The average Bonchev–Trinajstić information content (AvgIpc) is 2.40. The van der Waals surface area contributed by atoms with E-state index in [4.69, 9.17) is 10.00 Å². The number of benzene rings is 1. The Morgan fingerprint density at radius 1 is 1.47 bits per heavy atom. The molecule has 0 heterocycles. The molecule has 1 aromatic carbocycles. The predicted molar refractivity (Wildman–Crippen MR) is 73.4 cm³/mol. The highest BCUT2D eigenvalue weighted by Crippen LogP contribution is 2.14. The molecule has 0 spiro atoms. The Balaban J connectivity index is 2.40. The fourth-order valence-corrected chi connectivity index (χ4v) is 1.52. The molecule has 4 nitrogen and oxygen atoms in total. The van der Waals surface area contributed by atoms with Gasteiger partial charge in [0.2, 0.25) is 5.91 Å². The van der Waals surface area contributed by atoms with Crippen molar-refractivity contribution in [3.63, 3.8) is 0 Å². The van der Waals surface area contributed by atoms with E-state index in [-0.39, 0.29) is 5.91 Å². The second-order valence-electron chi connectivity index (χ2n) is 4.27. The monoisotopic (exact) mass is 258 g/mol. The first-order valence-corrected chi connectivity index (χ1v) is 6.09. The third kappa shape index (κ3) is 5.36. The average molecular weight is 258 g/mol. The van der Waals surface area contributed by atoms with E-state index in [1.54, 1.807) is 12.1 Å². The van der Waals surface area contributed by atoms with Gasteiger partial charge in [-0.1, -0.05) is 42.5 Å². The van der Waals surface area contributed by atoms with Gasteiger partial charge in [-0.2, -0.15) is 5.26 Å². The summed E-state index contributed by atoms with van der Waals surface area (Å²) < 4.78 is 5.27. The summed E-state index contributed by atoms with van der Waals surface area (Å²) in [4.78, 5) is 11.9. The van der Waals surface area contributed by atoms with Gasteiger partial charge in [0.15, 0.2) is 0 Å². The molecule has 0 aliphatic rings. The number of nitrogens with zero attached hydrogens (tertiary/aromatic N) is 1. The van der Waals surface area contributed by atoms with Gasteiger partial charge in [0, 0.05) is 6.54 Å². The van der Waals surface area contributed by atoms with Crippen LogP contribution >= 0.6 is 0 Å². The van der Waals surface area contributed by atoms with E-state index in [2.05, 4.69) is 11.9 Å². The van der Waals surface area contributed by atoms with E-state index in [0.717, 1.165) is 5.57 Å². The molecule has 0 saturated carbocycles. The van der Waals surface area contributed by atoms with Gasteiger partial charge in [-0.3, -0.25) is 4.79 Å². The lowest BCUT2D eigenvalue weighted by Gasteiger charge is -2.10. The first-order valence-electron chi connectivity index (χ1n) is 6.09. The summed E-state index contributed by atoms with van der Waals surface area (Å²) in [5.41, 5.74) is 1.64. The lowest BCUT2D eigenvalue weighted by atomic mass is 10.00. The van der Waals surface area contributed by atoms with Crippen LogP contribution in [0, 0.1) is 11.3 Å². The molecule has 0 aromatic heterocycles. The lowest BCUT2D eigenvalue weighted by molar-refractivity contribution is -0.121. The molecule has 0 bridgehead atoms. The molecule has 0 saturated heterocycles. The Kier molecular flexibility index (Phi) is 6.34. The number of ether oxygens (including phenoxy) is 1. The Hall–Kier alpha value is -2.12. The summed E-state index contributed by atoms with van der Waals surface area (Å²) in [5, 5.41) is 11.8. The van der Waals surface area contributed by atoms with Gasteiger partial charge >= 0.3 is 0 Å². The molecule has 0 radical (unpaired) electrons. The van der Waals surface area contributed by atoms with Crippen LogP contribution in [0.3, 0.4) is 0 Å². The number of nitriles is 1. The molecular formula is C15H18N2O2. The second-order valence-corrected chi connectivity index (χ2v) is 4.27. The van der Waals surface area contributed by atoms with Crippen LogP contribution in [0.2, 0.25) is 0 Å². The van der Waals surface area contributed by atoms with Crippen LogP contribution in [0.4, 0.5) is 0 Å². The van der Waals surface area contributed by atoms with Crippen molar-refractivity contribution in [2.24, 2.45) is 0 Å². The van der Waals surface area contributed by atoms with E-state index in [1.807, 2.05) is 31.2 Å². The number of carbonyl (C=O) groups excluding carboxylic acids is 1. The van der Waals surface area contributed by atoms with Crippen molar-refractivity contribution in [2.45, 2.75) is 12.8 Å². The molecule has 100 valence electrons. The zero-order valence-electron chi connectivity index (χ0n) is 11.1. The molecule has 1 unspecified atom stereocenters. The number of carbonyl (C=O) groups is 1. The molecule has 0 fully saturated rings. The van der Waals surface area contributed by atoms with Gasteiger partial charge in [-0.25, -0.2) is 0 Å². The van der Waals surface area contributed by atoms with Gasteiger partial charge in [0.25, 0.3) is 0 Å². The minimum absolute atomic E-state index is 0.298. The summed E-state index contributed by atoms with van der Waals surface area (Å²) in [6.45, 7) is 6.87. The van der Waals surface area contributed by atoms with Crippen LogP contribution in [0.5, 0.6) is 0 Å². The predicted octanol–water partition coefficient (Wildman–Crippen LogP) is 2.00. The summed E-state index contributed by atoms with van der Waals surface area (Å²) in [5.74, 6) is -1.07. The largest absolute Gasteiger partial charge is 0.375 e. The second kappa shape index (κ2) is 8.06. The Labute approximate surface area is 113 Å². The maximum absolute atomic E-state index is 11.9. The minimum atomic E-state index is -0.776. The van der Waals surface area contributed by atoms with Crippen molar-refractivity contribution in [3.05, 3.63) is 48.0 Å². The van der Waals surface area contributed by atoms with Gasteiger partial charge in [-0.15, -0.1) is 0 Å². The van der Waals surface area contributed by atoms with Gasteiger partial charge in [0.1, 0.15) is 5.92 Å². The van der Waals surface area contributed by atoms with Crippen molar-refractivity contribution < 1.29 is 9.53 Å². The van der Waals surface area contributed by atoms with Crippen molar-refractivity contribution in [1.29, 1.82) is 5.26 Å². The smallest absolute Gasteiger partial charge is 0.241 e. The molecule has 1 N–H and O–H groups in total. The number of hydrogen-bond donors (Lipinski definition) is 1. The van der Waals surface area contributed by atoms with Crippen molar-refractivity contribution in [1.82, 2.24) is 5.32 Å². The standard InChI is InChI=1S/C15H18N2O2/c1-12(2)11-19-9-8-17-15(18)14(10-16)13-6-4-3-5-7-13/h3-7,14H,1,8-9,11H2,2H3,(H,17,18). The maximum Gasteiger partial charge on any atom is 0.241 e. The highest BCUT2D eigenvalue weighted by molar-refractivity contribution is 5.86. The van der Waals surface area contributed by atoms with Crippen LogP contribution in [0.25, 0.3) is 0 Å².